The Morgan fingerprint density at radius 1 is 1.53 bits per heavy atom. The van der Waals surface area contributed by atoms with Crippen molar-refractivity contribution in [2.24, 2.45) is 12.8 Å². The van der Waals surface area contributed by atoms with Crippen LogP contribution in [0, 0.1) is 5.82 Å². The van der Waals surface area contributed by atoms with Crippen molar-refractivity contribution in [3.8, 4) is 0 Å². The average Bonchev–Trinajstić information content (AvgIpc) is 2.58. The topological polar surface area (TPSA) is 56.7 Å². The van der Waals surface area contributed by atoms with Gasteiger partial charge in [-0.2, -0.15) is 0 Å². The van der Waals surface area contributed by atoms with Gasteiger partial charge in [0.25, 0.3) is 0 Å². The Kier molecular flexibility index (Phi) is 3.46. The Morgan fingerprint density at radius 3 is 2.76 bits per heavy atom. The van der Waals surface area contributed by atoms with Crippen LogP contribution >= 0.6 is 27.5 Å². The van der Waals surface area contributed by atoms with E-state index >= 15 is 0 Å². The van der Waals surface area contributed by atoms with Gasteiger partial charge in [0.2, 0.25) is 0 Å². The molecule has 0 fully saturated rings. The van der Waals surface area contributed by atoms with Crippen molar-refractivity contribution in [1.82, 2.24) is 15.0 Å². The van der Waals surface area contributed by atoms with Crippen LogP contribution in [-0.4, -0.2) is 15.0 Å². The van der Waals surface area contributed by atoms with Gasteiger partial charge in [-0.25, -0.2) is 9.07 Å². The number of aryl methyl sites for hydroxylation is 1. The van der Waals surface area contributed by atoms with E-state index in [1.54, 1.807) is 17.8 Å². The molecule has 2 N–H and O–H groups in total. The summed E-state index contributed by atoms with van der Waals surface area (Å²) in [6.07, 6.45) is 0. The van der Waals surface area contributed by atoms with E-state index in [1.165, 1.54) is 12.1 Å². The normalized spacial score (nSPS) is 12.8. The summed E-state index contributed by atoms with van der Waals surface area (Å²) in [7, 11) is 1.73. The molecular weight excluding hydrogens is 310 g/mol. The highest BCUT2D eigenvalue weighted by molar-refractivity contribution is 9.10. The third-order valence-corrected chi connectivity index (χ3v) is 3.31. The second-order valence-corrected chi connectivity index (χ2v) is 4.69. The molecule has 1 aromatic carbocycles. The zero-order valence-corrected chi connectivity index (χ0v) is 11.2. The molecule has 0 saturated heterocycles. The third kappa shape index (κ3) is 2.34. The lowest BCUT2D eigenvalue weighted by Gasteiger charge is -2.14. The second kappa shape index (κ2) is 4.72. The van der Waals surface area contributed by atoms with Gasteiger partial charge < -0.3 is 5.73 Å². The minimum absolute atomic E-state index is 0.283. The Hall–Kier alpha value is -0.980. The average molecular weight is 320 g/mol. The molecule has 1 atom stereocenters. The van der Waals surface area contributed by atoms with Crippen LogP contribution in [0.1, 0.15) is 17.3 Å². The molecule has 0 aliphatic rings. The van der Waals surface area contributed by atoms with E-state index in [0.717, 1.165) is 0 Å². The summed E-state index contributed by atoms with van der Waals surface area (Å²) in [6, 6.07) is 3.59. The number of nitrogens with two attached hydrogens (primary N) is 1. The first kappa shape index (κ1) is 12.5. The lowest BCUT2D eigenvalue weighted by Crippen LogP contribution is -2.17. The van der Waals surface area contributed by atoms with Gasteiger partial charge in [-0.05, 0) is 33.6 Å². The fraction of sp³-hybridized carbons (Fsp3) is 0.200. The highest BCUT2D eigenvalue weighted by atomic mass is 79.9. The first-order chi connectivity index (χ1) is 8.00. The van der Waals surface area contributed by atoms with Crippen molar-refractivity contribution in [2.75, 3.05) is 0 Å². The van der Waals surface area contributed by atoms with Crippen molar-refractivity contribution in [3.63, 3.8) is 0 Å². The fourth-order valence-corrected chi connectivity index (χ4v) is 2.43. The maximum absolute atomic E-state index is 12.9. The highest BCUT2D eigenvalue weighted by Gasteiger charge is 2.20. The second-order valence-electron chi connectivity index (χ2n) is 3.53. The number of hydrogen-bond donors (Lipinski definition) is 1. The van der Waals surface area contributed by atoms with Crippen molar-refractivity contribution in [1.29, 1.82) is 0 Å². The number of benzene rings is 1. The van der Waals surface area contributed by atoms with E-state index in [0.29, 0.717) is 15.9 Å². The van der Waals surface area contributed by atoms with Crippen LogP contribution in [0.4, 0.5) is 4.39 Å². The van der Waals surface area contributed by atoms with Crippen LogP contribution < -0.4 is 5.73 Å². The van der Waals surface area contributed by atoms with E-state index in [-0.39, 0.29) is 5.02 Å². The molecule has 90 valence electrons. The molecule has 1 unspecified atom stereocenters. The summed E-state index contributed by atoms with van der Waals surface area (Å²) >= 11 is 9.22. The smallest absolute Gasteiger partial charge is 0.153 e. The van der Waals surface area contributed by atoms with Gasteiger partial charge in [-0.15, -0.1) is 5.10 Å². The first-order valence-electron chi connectivity index (χ1n) is 4.76. The Morgan fingerprint density at radius 2 is 2.24 bits per heavy atom. The largest absolute Gasteiger partial charge is 0.319 e. The van der Waals surface area contributed by atoms with E-state index in [9.17, 15) is 4.39 Å². The van der Waals surface area contributed by atoms with E-state index in [4.69, 9.17) is 17.3 Å². The van der Waals surface area contributed by atoms with Crippen LogP contribution in [0.3, 0.4) is 0 Å². The van der Waals surface area contributed by atoms with Gasteiger partial charge in [0.05, 0.1) is 11.7 Å². The van der Waals surface area contributed by atoms with Crippen molar-refractivity contribution in [3.05, 3.63) is 44.9 Å². The Bertz CT molecular complexity index is 538. The lowest BCUT2D eigenvalue weighted by molar-refractivity contribution is 0.623. The summed E-state index contributed by atoms with van der Waals surface area (Å²) < 4.78 is 15.0. The number of halogens is 3. The van der Waals surface area contributed by atoms with Crippen LogP contribution in [0.2, 0.25) is 5.02 Å². The summed E-state index contributed by atoms with van der Waals surface area (Å²) in [5, 5.41) is 7.96. The van der Waals surface area contributed by atoms with E-state index < -0.39 is 11.9 Å². The molecule has 7 heteroatoms. The summed E-state index contributed by atoms with van der Waals surface area (Å²) in [5.74, 6) is -0.395. The molecule has 0 aliphatic carbocycles. The van der Waals surface area contributed by atoms with Crippen molar-refractivity contribution < 1.29 is 4.39 Å². The van der Waals surface area contributed by atoms with Gasteiger partial charge in [-0.1, -0.05) is 22.9 Å². The number of rotatable bonds is 2. The number of hydrogen-bond acceptors (Lipinski definition) is 3. The monoisotopic (exact) mass is 318 g/mol. The van der Waals surface area contributed by atoms with Gasteiger partial charge in [-0.3, -0.25) is 0 Å². The zero-order valence-electron chi connectivity index (χ0n) is 8.86. The first-order valence-corrected chi connectivity index (χ1v) is 5.93. The number of nitrogens with zero attached hydrogens (tertiary/aromatic N) is 3. The Balaban J connectivity index is 2.47. The predicted molar refractivity (Wildman–Crippen MR) is 66.1 cm³/mol. The standard InChI is InChI=1S/C10H9BrClFN4/c1-17-9(10(11)15-16-17)8(14)6-3-2-5(13)4-7(6)12/h2-4,8H,14H2,1H3. The summed E-state index contributed by atoms with van der Waals surface area (Å²) in [6.45, 7) is 0. The molecule has 2 aromatic rings. The van der Waals surface area contributed by atoms with Gasteiger partial charge in [0.15, 0.2) is 4.60 Å². The maximum Gasteiger partial charge on any atom is 0.153 e. The minimum atomic E-state index is -0.516. The molecule has 0 saturated carbocycles. The summed E-state index contributed by atoms with van der Waals surface area (Å²) in [5.41, 5.74) is 7.38. The highest BCUT2D eigenvalue weighted by Crippen LogP contribution is 2.29. The maximum atomic E-state index is 12.9. The molecule has 17 heavy (non-hydrogen) atoms. The molecule has 0 radical (unpaired) electrons. The van der Waals surface area contributed by atoms with Crippen LogP contribution in [-0.2, 0) is 7.05 Å². The van der Waals surface area contributed by atoms with E-state index in [2.05, 4.69) is 26.2 Å². The molecule has 0 spiro atoms. The fourth-order valence-electron chi connectivity index (χ4n) is 1.57. The van der Waals surface area contributed by atoms with Crippen LogP contribution in [0.15, 0.2) is 22.8 Å². The summed E-state index contributed by atoms with van der Waals surface area (Å²) in [4.78, 5) is 0. The minimum Gasteiger partial charge on any atom is -0.319 e. The quantitative estimate of drug-likeness (QED) is 0.925. The molecule has 2 rings (SSSR count). The molecule has 1 aromatic heterocycles. The van der Waals surface area contributed by atoms with E-state index in [1.807, 2.05) is 0 Å². The zero-order chi connectivity index (χ0) is 12.6. The molecule has 0 bridgehead atoms. The van der Waals surface area contributed by atoms with Crippen LogP contribution in [0.5, 0.6) is 0 Å². The molecule has 1 heterocycles. The van der Waals surface area contributed by atoms with Gasteiger partial charge in [0, 0.05) is 12.1 Å². The predicted octanol–water partition coefficient (Wildman–Crippen LogP) is 2.42. The third-order valence-electron chi connectivity index (χ3n) is 2.42. The molecule has 0 amide bonds. The SMILES string of the molecule is Cn1nnc(Br)c1C(N)c1ccc(F)cc1Cl. The molecule has 4 nitrogen and oxygen atoms in total. The van der Waals surface area contributed by atoms with Gasteiger partial charge >= 0.3 is 0 Å². The van der Waals surface area contributed by atoms with Crippen molar-refractivity contribution >= 4 is 27.5 Å². The molecule has 0 aliphatic heterocycles. The van der Waals surface area contributed by atoms with Crippen LogP contribution in [0.25, 0.3) is 0 Å². The molecular formula is C10H9BrClFN4. The Labute approximate surface area is 111 Å². The number of aromatic nitrogens is 3. The van der Waals surface area contributed by atoms with Crippen molar-refractivity contribution in [2.45, 2.75) is 6.04 Å². The van der Waals surface area contributed by atoms with Gasteiger partial charge in [0.1, 0.15) is 5.82 Å². The lowest BCUT2D eigenvalue weighted by atomic mass is 10.1.